The molecule has 164 valence electrons. The van der Waals surface area contributed by atoms with Gasteiger partial charge in [-0.2, -0.15) is 0 Å². The molecule has 0 bridgehead atoms. The summed E-state index contributed by atoms with van der Waals surface area (Å²) in [7, 11) is 3.93. The number of rotatable bonds is 8. The Bertz CT molecular complexity index is 968. The first kappa shape index (κ1) is 23.0. The van der Waals surface area contributed by atoms with Gasteiger partial charge in [0.1, 0.15) is 11.5 Å². The molecule has 7 heteroatoms. The highest BCUT2D eigenvalue weighted by Gasteiger charge is 2.45. The van der Waals surface area contributed by atoms with E-state index in [0.717, 1.165) is 16.6 Å². The van der Waals surface area contributed by atoms with Crippen LogP contribution >= 0.6 is 15.9 Å². The second-order valence-electron chi connectivity index (χ2n) is 7.66. The molecular formula is C24H27BrN2O4. The second-order valence-corrected chi connectivity index (χ2v) is 8.57. The number of halogens is 1. The molecule has 0 spiro atoms. The van der Waals surface area contributed by atoms with Gasteiger partial charge in [0.05, 0.1) is 18.2 Å². The average Bonchev–Trinajstić information content (AvgIpc) is 2.99. The number of carbonyl (C=O) groups is 2. The summed E-state index contributed by atoms with van der Waals surface area (Å²) >= 11 is 3.37. The minimum atomic E-state index is -0.663. The van der Waals surface area contributed by atoms with E-state index in [2.05, 4.69) is 15.9 Å². The normalized spacial score (nSPS) is 18.1. The maximum Gasteiger partial charge on any atom is 0.295 e. The Morgan fingerprint density at radius 3 is 2.32 bits per heavy atom. The number of hydrogen-bond acceptors (Lipinski definition) is 5. The van der Waals surface area contributed by atoms with E-state index in [-0.39, 0.29) is 11.3 Å². The third-order valence-corrected chi connectivity index (χ3v) is 5.70. The summed E-state index contributed by atoms with van der Waals surface area (Å²) in [6, 6.07) is 13.7. The molecule has 1 unspecified atom stereocenters. The van der Waals surface area contributed by atoms with Crippen molar-refractivity contribution in [1.82, 2.24) is 9.80 Å². The molecule has 1 aliphatic heterocycles. The number of amides is 1. The van der Waals surface area contributed by atoms with Gasteiger partial charge in [-0.25, -0.2) is 0 Å². The number of aliphatic hydroxyl groups excluding tert-OH is 1. The number of ketones is 1. The Kier molecular flexibility index (Phi) is 7.51. The van der Waals surface area contributed by atoms with Crippen molar-refractivity contribution in [3.63, 3.8) is 0 Å². The number of Topliss-reactive ketones (excluding diaryl/α,β-unsaturated/α-hetero) is 1. The monoisotopic (exact) mass is 486 g/mol. The summed E-state index contributed by atoms with van der Waals surface area (Å²) in [4.78, 5) is 29.5. The van der Waals surface area contributed by atoms with Crippen molar-refractivity contribution in [3.05, 3.63) is 69.7 Å². The predicted molar refractivity (Wildman–Crippen MR) is 124 cm³/mol. The zero-order chi connectivity index (χ0) is 22.5. The highest BCUT2D eigenvalue weighted by molar-refractivity contribution is 9.10. The van der Waals surface area contributed by atoms with Gasteiger partial charge in [0, 0.05) is 16.6 Å². The summed E-state index contributed by atoms with van der Waals surface area (Å²) in [5.74, 6) is -0.705. The summed E-state index contributed by atoms with van der Waals surface area (Å²) in [5.41, 5.74) is 1.36. The van der Waals surface area contributed by atoms with E-state index in [1.807, 2.05) is 50.2 Å². The van der Waals surface area contributed by atoms with E-state index < -0.39 is 17.7 Å². The molecule has 31 heavy (non-hydrogen) atoms. The van der Waals surface area contributed by atoms with Gasteiger partial charge < -0.3 is 19.6 Å². The molecule has 1 amide bonds. The van der Waals surface area contributed by atoms with E-state index in [9.17, 15) is 14.7 Å². The van der Waals surface area contributed by atoms with Crippen LogP contribution in [0.4, 0.5) is 0 Å². The molecule has 1 atom stereocenters. The Balaban J connectivity index is 2.05. The first-order valence-electron chi connectivity index (χ1n) is 10.2. The Hall–Kier alpha value is -2.64. The number of aliphatic hydroxyl groups is 1. The van der Waals surface area contributed by atoms with Crippen molar-refractivity contribution in [1.29, 1.82) is 0 Å². The number of hydrogen-bond donors (Lipinski definition) is 1. The molecule has 6 nitrogen and oxygen atoms in total. The van der Waals surface area contributed by atoms with Crippen LogP contribution in [0.2, 0.25) is 0 Å². The summed E-state index contributed by atoms with van der Waals surface area (Å²) in [6.07, 6.45) is 0.714. The maximum absolute atomic E-state index is 13.0. The third-order valence-electron chi connectivity index (χ3n) is 5.17. The summed E-state index contributed by atoms with van der Waals surface area (Å²) in [6.45, 7) is 3.65. The van der Waals surface area contributed by atoms with Crippen LogP contribution in [0.3, 0.4) is 0 Å². The van der Waals surface area contributed by atoms with E-state index in [0.29, 0.717) is 30.9 Å². The van der Waals surface area contributed by atoms with Crippen LogP contribution in [0.25, 0.3) is 5.76 Å². The molecule has 1 N–H and O–H groups in total. The van der Waals surface area contributed by atoms with Gasteiger partial charge in [-0.1, -0.05) is 40.2 Å². The Morgan fingerprint density at radius 2 is 1.74 bits per heavy atom. The standard InChI is InChI=1S/C24H27BrN2O4/c1-4-31-19-12-8-16(9-13-19)21-20(22(28)17-6-10-18(25)11-7-17)23(29)24(30)27(21)15-5-14-26(2)3/h6-13,21,28H,4-5,14-15H2,1-3H3/b22-20+. The molecule has 1 fully saturated rings. The lowest BCUT2D eigenvalue weighted by molar-refractivity contribution is -0.139. The van der Waals surface area contributed by atoms with Crippen molar-refractivity contribution in [2.24, 2.45) is 0 Å². The van der Waals surface area contributed by atoms with E-state index in [4.69, 9.17) is 4.74 Å². The smallest absolute Gasteiger partial charge is 0.295 e. The van der Waals surface area contributed by atoms with Crippen LogP contribution < -0.4 is 4.74 Å². The second kappa shape index (κ2) is 10.1. The van der Waals surface area contributed by atoms with Crippen LogP contribution in [0.15, 0.2) is 58.6 Å². The van der Waals surface area contributed by atoms with Crippen LogP contribution in [0.5, 0.6) is 5.75 Å². The number of ether oxygens (including phenoxy) is 1. The van der Waals surface area contributed by atoms with Gasteiger partial charge in [0.25, 0.3) is 11.7 Å². The van der Waals surface area contributed by atoms with Crippen molar-refractivity contribution in [2.75, 3.05) is 33.8 Å². The number of likely N-dealkylation sites (tertiary alicyclic amines) is 1. The molecule has 2 aromatic rings. The largest absolute Gasteiger partial charge is 0.507 e. The van der Waals surface area contributed by atoms with Gasteiger partial charge in [-0.3, -0.25) is 9.59 Å². The Morgan fingerprint density at radius 1 is 1.10 bits per heavy atom. The predicted octanol–water partition coefficient (Wildman–Crippen LogP) is 4.22. The van der Waals surface area contributed by atoms with Crippen LogP contribution in [0, 0.1) is 0 Å². The van der Waals surface area contributed by atoms with Gasteiger partial charge >= 0.3 is 0 Å². The first-order valence-corrected chi connectivity index (χ1v) is 11.0. The third kappa shape index (κ3) is 5.17. The highest BCUT2D eigenvalue weighted by Crippen LogP contribution is 2.40. The fourth-order valence-electron chi connectivity index (χ4n) is 3.69. The van der Waals surface area contributed by atoms with E-state index in [1.165, 1.54) is 0 Å². The number of carbonyl (C=O) groups excluding carboxylic acids is 2. The minimum Gasteiger partial charge on any atom is -0.507 e. The van der Waals surface area contributed by atoms with E-state index in [1.54, 1.807) is 29.2 Å². The molecule has 1 aliphatic rings. The molecule has 0 aliphatic carbocycles. The van der Waals surface area contributed by atoms with E-state index >= 15 is 0 Å². The SMILES string of the molecule is CCOc1ccc(C2/C(=C(\O)c3ccc(Br)cc3)C(=O)C(=O)N2CCCN(C)C)cc1. The van der Waals surface area contributed by atoms with Gasteiger partial charge in [0.2, 0.25) is 0 Å². The van der Waals surface area contributed by atoms with Crippen molar-refractivity contribution < 1.29 is 19.4 Å². The fraction of sp³-hybridized carbons (Fsp3) is 0.333. The number of benzene rings is 2. The van der Waals surface area contributed by atoms with Crippen LogP contribution in [0.1, 0.15) is 30.5 Å². The van der Waals surface area contributed by atoms with Crippen molar-refractivity contribution >= 4 is 33.4 Å². The van der Waals surface area contributed by atoms with Gasteiger partial charge in [-0.05, 0) is 63.8 Å². The zero-order valence-electron chi connectivity index (χ0n) is 18.0. The lowest BCUT2D eigenvalue weighted by atomic mass is 9.95. The maximum atomic E-state index is 13.0. The molecule has 0 saturated carbocycles. The molecule has 3 rings (SSSR count). The summed E-state index contributed by atoms with van der Waals surface area (Å²) < 4.78 is 6.38. The zero-order valence-corrected chi connectivity index (χ0v) is 19.6. The first-order chi connectivity index (χ1) is 14.8. The molecule has 2 aromatic carbocycles. The highest BCUT2D eigenvalue weighted by atomic mass is 79.9. The van der Waals surface area contributed by atoms with Crippen molar-refractivity contribution in [2.45, 2.75) is 19.4 Å². The molecule has 1 saturated heterocycles. The van der Waals surface area contributed by atoms with Crippen molar-refractivity contribution in [3.8, 4) is 5.75 Å². The van der Waals surface area contributed by atoms with Crippen LogP contribution in [-0.2, 0) is 9.59 Å². The average molecular weight is 487 g/mol. The molecule has 1 heterocycles. The quantitative estimate of drug-likeness (QED) is 0.343. The van der Waals surface area contributed by atoms with Crippen LogP contribution in [-0.4, -0.2) is 60.4 Å². The molecule has 0 radical (unpaired) electrons. The van der Waals surface area contributed by atoms with Gasteiger partial charge in [-0.15, -0.1) is 0 Å². The minimum absolute atomic E-state index is 0.112. The summed E-state index contributed by atoms with van der Waals surface area (Å²) in [5, 5.41) is 11.0. The lowest BCUT2D eigenvalue weighted by Gasteiger charge is -2.26. The lowest BCUT2D eigenvalue weighted by Crippen LogP contribution is -2.32. The van der Waals surface area contributed by atoms with Gasteiger partial charge in [0.15, 0.2) is 0 Å². The molecule has 0 aromatic heterocycles. The topological polar surface area (TPSA) is 70.1 Å². The Labute approximate surface area is 191 Å². The number of nitrogens with zero attached hydrogens (tertiary/aromatic N) is 2. The molecular weight excluding hydrogens is 460 g/mol. The fourth-order valence-corrected chi connectivity index (χ4v) is 3.96.